The Kier molecular flexibility index (Phi) is 2.71. The van der Waals surface area contributed by atoms with Crippen LogP contribution in [0.25, 0.3) is 22.6 Å². The Morgan fingerprint density at radius 3 is 2.06 bits per heavy atom. The molecular weight excluding hydrogens is 226 g/mol. The van der Waals surface area contributed by atoms with Gasteiger partial charge in [-0.05, 0) is 12.1 Å². The number of hydrogen-bond acceptors (Lipinski definition) is 5. The molecule has 0 saturated carbocycles. The van der Waals surface area contributed by atoms with Gasteiger partial charge in [0, 0.05) is 36.5 Å². The highest BCUT2D eigenvalue weighted by molar-refractivity contribution is 5.76. The van der Waals surface area contributed by atoms with Crippen molar-refractivity contribution in [3.05, 3.63) is 55.5 Å². The van der Waals surface area contributed by atoms with Crippen LogP contribution in [0.4, 0.5) is 0 Å². The summed E-state index contributed by atoms with van der Waals surface area (Å²) >= 11 is 0. The average molecular weight is 235 g/mol. The summed E-state index contributed by atoms with van der Waals surface area (Å²) in [5.74, 6) is 0. The van der Waals surface area contributed by atoms with Crippen molar-refractivity contribution in [2.24, 2.45) is 0 Å². The molecule has 3 aromatic heterocycles. The average Bonchev–Trinajstić information content (AvgIpc) is 2.49. The zero-order valence-electron chi connectivity index (χ0n) is 9.43. The minimum atomic E-state index is 0.721. The predicted octanol–water partition coefficient (Wildman–Crippen LogP) is 2.00. The first kappa shape index (κ1) is 10.5. The molecule has 0 aliphatic heterocycles. The van der Waals surface area contributed by atoms with E-state index in [-0.39, 0.29) is 0 Å². The van der Waals surface area contributed by atoms with Gasteiger partial charge in [-0.25, -0.2) is 0 Å². The van der Waals surface area contributed by atoms with Crippen molar-refractivity contribution in [1.82, 2.24) is 24.9 Å². The molecule has 0 aromatic carbocycles. The zero-order chi connectivity index (χ0) is 12.2. The Morgan fingerprint density at radius 2 is 1.39 bits per heavy atom. The Bertz CT molecular complexity index is 581. The van der Waals surface area contributed by atoms with Gasteiger partial charge in [-0.2, -0.15) is 0 Å². The van der Waals surface area contributed by atoms with E-state index < -0.39 is 0 Å². The van der Waals surface area contributed by atoms with Crippen LogP contribution in [0, 0.1) is 0 Å². The van der Waals surface area contributed by atoms with Gasteiger partial charge in [0.1, 0.15) is 5.69 Å². The third-order valence-corrected chi connectivity index (χ3v) is 2.45. The summed E-state index contributed by atoms with van der Waals surface area (Å²) in [6, 6.07) is 3.81. The minimum Gasteiger partial charge on any atom is -0.261 e. The van der Waals surface area contributed by atoms with Gasteiger partial charge in [0.05, 0.1) is 23.8 Å². The molecular formula is C13H9N5. The third-order valence-electron chi connectivity index (χ3n) is 2.45. The largest absolute Gasteiger partial charge is 0.261 e. The maximum Gasteiger partial charge on any atom is 0.108 e. The van der Waals surface area contributed by atoms with Crippen molar-refractivity contribution in [1.29, 1.82) is 0 Å². The van der Waals surface area contributed by atoms with Crippen LogP contribution in [0.5, 0.6) is 0 Å². The molecule has 3 rings (SSSR count). The molecule has 86 valence electrons. The van der Waals surface area contributed by atoms with E-state index in [1.165, 1.54) is 0 Å². The molecule has 0 saturated heterocycles. The van der Waals surface area contributed by atoms with E-state index in [1.54, 1.807) is 43.4 Å². The fourth-order valence-electron chi connectivity index (χ4n) is 1.68. The lowest BCUT2D eigenvalue weighted by Crippen LogP contribution is -1.93. The maximum atomic E-state index is 4.36. The van der Waals surface area contributed by atoms with Gasteiger partial charge < -0.3 is 0 Å². The van der Waals surface area contributed by atoms with Crippen LogP contribution in [0.1, 0.15) is 0 Å². The highest BCUT2D eigenvalue weighted by Gasteiger charge is 2.10. The molecule has 0 unspecified atom stereocenters. The summed E-state index contributed by atoms with van der Waals surface area (Å²) in [7, 11) is 0. The Labute approximate surface area is 104 Å². The molecule has 0 aliphatic rings. The van der Waals surface area contributed by atoms with E-state index >= 15 is 0 Å². The quantitative estimate of drug-likeness (QED) is 0.679. The fraction of sp³-hybridized carbons (Fsp3) is 0. The van der Waals surface area contributed by atoms with Crippen molar-refractivity contribution in [2.45, 2.75) is 0 Å². The van der Waals surface area contributed by atoms with Crippen molar-refractivity contribution in [3.8, 4) is 22.6 Å². The molecule has 0 N–H and O–H groups in total. The van der Waals surface area contributed by atoms with Crippen molar-refractivity contribution in [2.75, 3.05) is 0 Å². The number of pyridine rings is 1. The van der Waals surface area contributed by atoms with Gasteiger partial charge in [-0.1, -0.05) is 0 Å². The standard InChI is InChI=1S/C13H9N5/c1-2-10(11-8-14-4-6-16-11)13(18-3-1)12-9-15-5-7-17-12/h1-9H. The van der Waals surface area contributed by atoms with Crippen LogP contribution in [0.15, 0.2) is 55.5 Å². The van der Waals surface area contributed by atoms with Crippen LogP contribution in [-0.2, 0) is 0 Å². The van der Waals surface area contributed by atoms with Crippen molar-refractivity contribution in [3.63, 3.8) is 0 Å². The SMILES string of the molecule is c1cnc(-c2cnccn2)c(-c2cnccn2)c1. The molecule has 0 amide bonds. The smallest absolute Gasteiger partial charge is 0.108 e. The number of aromatic nitrogens is 5. The molecule has 3 aromatic rings. The first-order valence-corrected chi connectivity index (χ1v) is 5.43. The predicted molar refractivity (Wildman–Crippen MR) is 66.3 cm³/mol. The summed E-state index contributed by atoms with van der Waals surface area (Å²) in [6.45, 7) is 0. The fourth-order valence-corrected chi connectivity index (χ4v) is 1.68. The highest BCUT2D eigenvalue weighted by atomic mass is 14.8. The van der Waals surface area contributed by atoms with E-state index in [1.807, 2.05) is 12.1 Å². The van der Waals surface area contributed by atoms with E-state index in [2.05, 4.69) is 24.9 Å². The van der Waals surface area contributed by atoms with Crippen LogP contribution in [0.2, 0.25) is 0 Å². The van der Waals surface area contributed by atoms with Crippen LogP contribution in [-0.4, -0.2) is 24.9 Å². The lowest BCUT2D eigenvalue weighted by molar-refractivity contribution is 1.16. The molecule has 0 radical (unpaired) electrons. The van der Waals surface area contributed by atoms with Crippen molar-refractivity contribution >= 4 is 0 Å². The summed E-state index contributed by atoms with van der Waals surface area (Å²) < 4.78 is 0. The first-order chi connectivity index (χ1) is 8.95. The summed E-state index contributed by atoms with van der Waals surface area (Å²) in [6.07, 6.45) is 11.7. The molecule has 0 bridgehead atoms. The van der Waals surface area contributed by atoms with Gasteiger partial charge in [0.2, 0.25) is 0 Å². The minimum absolute atomic E-state index is 0.721. The number of rotatable bonds is 2. The molecule has 0 spiro atoms. The second-order valence-corrected chi connectivity index (χ2v) is 3.58. The summed E-state index contributed by atoms with van der Waals surface area (Å²) in [4.78, 5) is 21.0. The van der Waals surface area contributed by atoms with Gasteiger partial charge >= 0.3 is 0 Å². The molecule has 3 heterocycles. The summed E-state index contributed by atoms with van der Waals surface area (Å²) in [5, 5.41) is 0. The molecule has 0 atom stereocenters. The second kappa shape index (κ2) is 4.67. The Morgan fingerprint density at radius 1 is 0.667 bits per heavy atom. The Balaban J connectivity index is 2.18. The van der Waals surface area contributed by atoms with E-state index in [9.17, 15) is 0 Å². The van der Waals surface area contributed by atoms with Gasteiger partial charge in [0.15, 0.2) is 0 Å². The first-order valence-electron chi connectivity index (χ1n) is 5.43. The number of nitrogens with zero attached hydrogens (tertiary/aromatic N) is 5. The van der Waals surface area contributed by atoms with Crippen LogP contribution in [0.3, 0.4) is 0 Å². The topological polar surface area (TPSA) is 64.5 Å². The molecule has 5 heteroatoms. The zero-order valence-corrected chi connectivity index (χ0v) is 9.43. The summed E-state index contributed by atoms with van der Waals surface area (Å²) in [5.41, 5.74) is 3.14. The van der Waals surface area contributed by atoms with Gasteiger partial charge in [-0.15, -0.1) is 0 Å². The van der Waals surface area contributed by atoms with E-state index in [0.717, 1.165) is 22.6 Å². The highest BCUT2D eigenvalue weighted by Crippen LogP contribution is 2.26. The monoisotopic (exact) mass is 235 g/mol. The van der Waals surface area contributed by atoms with Crippen LogP contribution < -0.4 is 0 Å². The number of hydrogen-bond donors (Lipinski definition) is 0. The van der Waals surface area contributed by atoms with E-state index in [0.29, 0.717) is 0 Å². The lowest BCUT2D eigenvalue weighted by atomic mass is 10.1. The normalized spacial score (nSPS) is 10.2. The second-order valence-electron chi connectivity index (χ2n) is 3.58. The van der Waals surface area contributed by atoms with Crippen molar-refractivity contribution < 1.29 is 0 Å². The lowest BCUT2D eigenvalue weighted by Gasteiger charge is -2.06. The Hall–Kier alpha value is -2.69. The van der Waals surface area contributed by atoms with Crippen LogP contribution >= 0.6 is 0 Å². The third kappa shape index (κ3) is 1.93. The molecule has 0 aliphatic carbocycles. The maximum absolute atomic E-state index is 4.36. The van der Waals surface area contributed by atoms with Gasteiger partial charge in [-0.3, -0.25) is 24.9 Å². The van der Waals surface area contributed by atoms with Gasteiger partial charge in [0.25, 0.3) is 0 Å². The molecule has 5 nitrogen and oxygen atoms in total. The van der Waals surface area contributed by atoms with E-state index in [4.69, 9.17) is 0 Å². The molecule has 0 fully saturated rings. The molecule has 18 heavy (non-hydrogen) atoms.